The van der Waals surface area contributed by atoms with E-state index < -0.39 is 47.3 Å². The average Bonchev–Trinajstić information content (AvgIpc) is 3.34. The van der Waals surface area contributed by atoms with Gasteiger partial charge in [-0.05, 0) is 121 Å². The first-order chi connectivity index (χ1) is 34.9. The highest BCUT2D eigenvalue weighted by molar-refractivity contribution is 5.91. The van der Waals surface area contributed by atoms with E-state index in [4.69, 9.17) is 49.3 Å². The number of esters is 1. The zero-order chi connectivity index (χ0) is 57.6. The van der Waals surface area contributed by atoms with Crippen molar-refractivity contribution in [2.24, 2.45) is 46.6 Å². The zero-order valence-corrected chi connectivity index (χ0v) is 48.3. The Morgan fingerprint density at radius 1 is 0.878 bits per heavy atom. The Labute approximate surface area is 445 Å². The van der Waals surface area contributed by atoms with Crippen molar-refractivity contribution < 1.29 is 78.7 Å². The molecule has 1 amide bonds. The molecule has 0 aromatic heterocycles. The van der Waals surface area contributed by atoms with Crippen molar-refractivity contribution in [3.63, 3.8) is 0 Å². The molecule has 0 aliphatic carbocycles. The highest BCUT2D eigenvalue weighted by atomic mass is 16.7. The van der Waals surface area contributed by atoms with Crippen LogP contribution in [0.4, 0.5) is 4.79 Å². The van der Waals surface area contributed by atoms with Crippen LogP contribution in [0.1, 0.15) is 173 Å². The second kappa shape index (κ2) is 42.4. The second-order valence-electron chi connectivity index (χ2n) is 20.4. The maximum Gasteiger partial charge on any atom is 0.408 e. The lowest BCUT2D eigenvalue weighted by atomic mass is 9.71. The number of aliphatic hydroxyl groups is 6. The van der Waals surface area contributed by atoms with Crippen LogP contribution in [0.5, 0.6) is 0 Å². The van der Waals surface area contributed by atoms with Gasteiger partial charge in [0.05, 0.1) is 36.0 Å². The number of carboxylic acid groups (broad SMARTS) is 1. The Hall–Kier alpha value is -3.75. The highest BCUT2D eigenvalue weighted by Gasteiger charge is 2.44. The molecule has 0 radical (unpaired) electrons. The van der Waals surface area contributed by atoms with Gasteiger partial charge in [-0.3, -0.25) is 14.4 Å². The van der Waals surface area contributed by atoms with Crippen LogP contribution in [0.25, 0.3) is 0 Å². The van der Waals surface area contributed by atoms with Gasteiger partial charge in [0.15, 0.2) is 17.7 Å². The molecule has 2 heterocycles. The van der Waals surface area contributed by atoms with Crippen LogP contribution >= 0.6 is 0 Å². The molecule has 2 aliphatic heterocycles. The predicted octanol–water partition coefficient (Wildman–Crippen LogP) is 8.48. The number of aliphatic hydroxyl groups excluding tert-OH is 5. The Bertz CT molecular complexity index is 1620. The summed E-state index contributed by atoms with van der Waals surface area (Å²) in [6.07, 6.45) is 4.38. The van der Waals surface area contributed by atoms with E-state index in [9.17, 15) is 29.4 Å². The van der Waals surface area contributed by atoms with Crippen LogP contribution in [-0.4, -0.2) is 142 Å². The monoisotopic (exact) mass is 1060 g/mol. The number of hydrogen-bond donors (Lipinski definition) is 8. The van der Waals surface area contributed by atoms with E-state index in [0.717, 1.165) is 39.0 Å². The van der Waals surface area contributed by atoms with Crippen molar-refractivity contribution in [1.29, 1.82) is 0 Å². The molecule has 18 heteroatoms. The molecular weight excluding hydrogens is 957 g/mol. The molecule has 74 heavy (non-hydrogen) atoms. The van der Waals surface area contributed by atoms with Crippen molar-refractivity contribution in [1.82, 2.24) is 5.32 Å². The smallest absolute Gasteiger partial charge is 0.408 e. The number of cyclic esters (lactones) is 1. The normalized spacial score (nSPS) is 25.5. The van der Waals surface area contributed by atoms with E-state index in [-0.39, 0.29) is 86.3 Å². The Morgan fingerprint density at radius 3 is 1.95 bits per heavy atom. The summed E-state index contributed by atoms with van der Waals surface area (Å²) in [5, 5.41) is 65.4. The van der Waals surface area contributed by atoms with Crippen molar-refractivity contribution in [3.8, 4) is 0 Å². The summed E-state index contributed by atoms with van der Waals surface area (Å²) in [4.78, 5) is 56.5. The largest absolute Gasteiger partial charge is 0.481 e. The number of rotatable bonds is 18. The van der Waals surface area contributed by atoms with Gasteiger partial charge in [-0.25, -0.2) is 4.79 Å². The number of carbonyl (C=O) groups excluding carboxylic acids is 3. The van der Waals surface area contributed by atoms with Crippen LogP contribution in [0.2, 0.25) is 0 Å². The number of ketones is 1. The second-order valence-corrected chi connectivity index (χ2v) is 20.4. The van der Waals surface area contributed by atoms with E-state index in [2.05, 4.69) is 24.3 Å². The fourth-order valence-electron chi connectivity index (χ4n) is 8.86. The van der Waals surface area contributed by atoms with Gasteiger partial charge in [0.25, 0.3) is 0 Å². The number of carbonyl (C=O) groups is 4. The highest BCUT2D eigenvalue weighted by Crippen LogP contribution is 2.39. The summed E-state index contributed by atoms with van der Waals surface area (Å²) in [6, 6.07) is 9.53. The molecule has 0 spiro atoms. The first-order valence-electron chi connectivity index (χ1n) is 26.7. The van der Waals surface area contributed by atoms with Gasteiger partial charge < -0.3 is 64.8 Å². The van der Waals surface area contributed by atoms with Gasteiger partial charge >= 0.3 is 18.0 Å². The van der Waals surface area contributed by atoms with E-state index in [0.29, 0.717) is 57.3 Å². The third-order valence-electron chi connectivity index (χ3n) is 12.7. The van der Waals surface area contributed by atoms with Crippen LogP contribution in [0.15, 0.2) is 35.5 Å². The summed E-state index contributed by atoms with van der Waals surface area (Å²) in [6.45, 7) is 25.3. The van der Waals surface area contributed by atoms with Crippen molar-refractivity contribution in [2.75, 3.05) is 41.2 Å². The molecule has 1 aromatic carbocycles. The number of hydrogen-bond acceptors (Lipinski definition) is 16. The Kier molecular flexibility index (Phi) is 42.7. The van der Waals surface area contributed by atoms with E-state index >= 15 is 0 Å². The molecule has 2 aliphatic rings. The SMILES string of the molecule is CC.CC(C)CC(=O)O.CC(O)(CCO)CCO.CO.CO.CO/N=C(/CC(C)O)C[C@@H]1[C@@H](C)CC(C)C(=O)OC([C@H](C)COC2CCCC(C)O2)CCC(C)C(=O)[C@@](C)(OC(=O)NCc2ccccc2)C[C@@H]1C. The van der Waals surface area contributed by atoms with Crippen LogP contribution in [0.3, 0.4) is 0 Å². The summed E-state index contributed by atoms with van der Waals surface area (Å²) in [5.41, 5.74) is -0.737. The molecule has 2 fully saturated rings. The molecule has 1 aromatic rings. The lowest BCUT2D eigenvalue weighted by Gasteiger charge is -2.38. The third-order valence-corrected chi connectivity index (χ3v) is 12.7. The molecule has 3 rings (SSSR count). The minimum absolute atomic E-state index is 0.0233. The minimum Gasteiger partial charge on any atom is -0.481 e. The van der Waals surface area contributed by atoms with Crippen molar-refractivity contribution in [3.05, 3.63) is 35.9 Å². The topological polar surface area (TPSA) is 280 Å². The van der Waals surface area contributed by atoms with Gasteiger partial charge in [-0.1, -0.05) is 97.8 Å². The van der Waals surface area contributed by atoms with Crippen molar-refractivity contribution >= 4 is 29.5 Å². The quantitative estimate of drug-likeness (QED) is 0.0389. The molecule has 6 unspecified atom stereocenters. The molecule has 0 bridgehead atoms. The van der Waals surface area contributed by atoms with Crippen LogP contribution in [-0.2, 0) is 44.7 Å². The molecule has 11 atom stereocenters. The number of nitrogens with one attached hydrogen (secondary N) is 1. The molecule has 434 valence electrons. The van der Waals surface area contributed by atoms with Gasteiger partial charge in [0.1, 0.15) is 13.2 Å². The number of oxime groups is 1. The zero-order valence-electron chi connectivity index (χ0n) is 48.3. The summed E-state index contributed by atoms with van der Waals surface area (Å²) >= 11 is 0. The van der Waals surface area contributed by atoms with Gasteiger partial charge in [-0.2, -0.15) is 0 Å². The first-order valence-corrected chi connectivity index (χ1v) is 26.7. The standard InChI is InChI=1S/C41H66N2O9.C6H14O3.C5H10O2.C2H6.2CH4O/c1-26-18-19-36(30(5)25-49-37-17-13-14-32(7)50-37)51-39(46)28(3)20-27(2)35(22-34(43-48-9)21-31(6)44)29(4)23-41(8,38(26)45)52-40(47)42-24-33-15-11-10-12-16-33;1-6(9,2-4-7)3-5-8;1-4(2)3-5(6)7;3*1-2/h10-12,15-16,26-32,35-37,44H,13-14,17-25H2,1-9H3,(H,42,47);7-9H,2-5H2,1H3;4H,3H2,1-2H3,(H,6,7);1-2H3;2*2H,1H3/b43-34-;;;;;/t26?,27-,28?,29-,30+,31?,32?,35+,36?,37?,41-;;;;;/m0...../s1. The van der Waals surface area contributed by atoms with Gasteiger partial charge in [-0.15, -0.1) is 0 Å². The summed E-state index contributed by atoms with van der Waals surface area (Å²) < 4.78 is 24.5. The van der Waals surface area contributed by atoms with Crippen LogP contribution in [0, 0.1) is 41.4 Å². The van der Waals surface area contributed by atoms with Crippen molar-refractivity contribution in [2.45, 2.75) is 209 Å². The fourth-order valence-corrected chi connectivity index (χ4v) is 8.86. The lowest BCUT2D eigenvalue weighted by molar-refractivity contribution is -0.199. The number of alkyl carbamates (subject to hydrolysis) is 1. The summed E-state index contributed by atoms with van der Waals surface area (Å²) in [7, 11) is 3.48. The number of ether oxygens (including phenoxy) is 4. The Morgan fingerprint density at radius 2 is 1.46 bits per heavy atom. The molecule has 0 saturated carbocycles. The maximum atomic E-state index is 14.5. The average molecular weight is 1060 g/mol. The van der Waals surface area contributed by atoms with E-state index in [1.807, 2.05) is 85.7 Å². The lowest BCUT2D eigenvalue weighted by Crippen LogP contribution is -2.48. The number of amides is 1. The Balaban J connectivity index is -0.00000192. The molecule has 8 N–H and O–H groups in total. The number of benzene rings is 1. The number of Topliss-reactive ketones (excluding diaryl/α,β-unsaturated/α-hetero) is 1. The number of carboxylic acids is 1. The predicted molar refractivity (Wildman–Crippen MR) is 289 cm³/mol. The van der Waals surface area contributed by atoms with Gasteiger partial charge in [0, 0.05) is 58.7 Å². The van der Waals surface area contributed by atoms with Gasteiger partial charge in [0.2, 0.25) is 0 Å². The number of aliphatic carboxylic acids is 1. The molecule has 2 saturated heterocycles. The molecule has 18 nitrogen and oxygen atoms in total. The number of nitrogens with zero attached hydrogens (tertiary/aromatic N) is 1. The molecular formula is C56H104N2O16. The van der Waals surface area contributed by atoms with E-state index in [1.165, 1.54) is 7.11 Å². The summed E-state index contributed by atoms with van der Waals surface area (Å²) in [5.74, 6) is -2.18. The minimum atomic E-state index is -1.44. The van der Waals surface area contributed by atoms with Crippen LogP contribution < -0.4 is 5.32 Å². The maximum absolute atomic E-state index is 14.5. The first kappa shape index (κ1) is 74.5. The third kappa shape index (κ3) is 33.3. The van der Waals surface area contributed by atoms with E-state index in [1.54, 1.807) is 20.8 Å². The fraction of sp³-hybridized carbons (Fsp3) is 0.804.